The Bertz CT molecular complexity index is 1380. The normalized spacial score (nSPS) is 11.3. The Kier molecular flexibility index (Phi) is 7.99. The fraction of sp³-hybridized carbons (Fsp3) is 0.185. The van der Waals surface area contributed by atoms with Gasteiger partial charge in [-0.25, -0.2) is 14.6 Å². The molecular formula is C27H28N8OS. The average molecular weight is 513 g/mol. The van der Waals surface area contributed by atoms with E-state index in [9.17, 15) is 4.55 Å². The van der Waals surface area contributed by atoms with Gasteiger partial charge in [0.25, 0.3) is 0 Å². The summed E-state index contributed by atoms with van der Waals surface area (Å²) >= 11 is -1.54. The van der Waals surface area contributed by atoms with E-state index in [1.807, 2.05) is 59.5 Å². The third-order valence-electron chi connectivity index (χ3n) is 5.84. The standard InChI is InChI=1S/C27H28N8OS/c36-37-32-19-25(33-37)29-20-27-30-18-24(23-12-5-2-6-13-23)35(27)31-16-9-17-34(26-14-7-8-15-28-26)21-22-10-3-1-4-11-22/h1-8,10-15,18-19,31H,9,16-17,20-21H2,(H,29,33). The summed E-state index contributed by atoms with van der Waals surface area (Å²) in [6, 6.07) is 26.6. The molecule has 37 heavy (non-hydrogen) atoms. The zero-order chi connectivity index (χ0) is 25.3. The Hall–Kier alpha value is -4.28. The van der Waals surface area contributed by atoms with Crippen LogP contribution in [0.2, 0.25) is 0 Å². The SMILES string of the molecule is [O-][s+]1ncc(NCc2ncc(-c3ccccc3)n2NCCCN(Cc2ccccc2)c2ccccn2)n1. The summed E-state index contributed by atoms with van der Waals surface area (Å²) in [5, 5.41) is 3.16. The molecule has 5 aromatic rings. The number of pyridine rings is 1. The quantitative estimate of drug-likeness (QED) is 0.183. The van der Waals surface area contributed by atoms with Crippen molar-refractivity contribution in [2.24, 2.45) is 0 Å². The molecule has 2 N–H and O–H groups in total. The van der Waals surface area contributed by atoms with Crippen LogP contribution < -0.4 is 15.6 Å². The zero-order valence-electron chi connectivity index (χ0n) is 20.3. The number of nitrogens with zero attached hydrogens (tertiary/aromatic N) is 6. The van der Waals surface area contributed by atoms with Crippen molar-refractivity contribution in [3.05, 3.63) is 109 Å². The Balaban J connectivity index is 1.27. The highest BCUT2D eigenvalue weighted by atomic mass is 32.2. The van der Waals surface area contributed by atoms with E-state index in [2.05, 4.69) is 70.8 Å². The Labute approximate surface area is 219 Å². The highest BCUT2D eigenvalue weighted by Crippen LogP contribution is 2.21. The zero-order valence-corrected chi connectivity index (χ0v) is 21.1. The minimum atomic E-state index is -1.54. The number of hydrogen-bond donors (Lipinski definition) is 2. The molecule has 0 amide bonds. The molecule has 5 rings (SSSR count). The molecule has 0 aliphatic heterocycles. The van der Waals surface area contributed by atoms with E-state index in [0.717, 1.165) is 49.0 Å². The molecule has 0 bridgehead atoms. The van der Waals surface area contributed by atoms with Gasteiger partial charge in [-0.2, -0.15) is 0 Å². The van der Waals surface area contributed by atoms with Crippen LogP contribution in [-0.4, -0.2) is 41.0 Å². The lowest BCUT2D eigenvalue weighted by Gasteiger charge is -2.24. The van der Waals surface area contributed by atoms with Crippen LogP contribution >= 0.6 is 11.1 Å². The van der Waals surface area contributed by atoms with Crippen LogP contribution in [0.1, 0.15) is 17.8 Å². The van der Waals surface area contributed by atoms with Crippen molar-refractivity contribution in [1.82, 2.24) is 23.4 Å². The molecule has 0 aliphatic carbocycles. The monoisotopic (exact) mass is 512 g/mol. The van der Waals surface area contributed by atoms with Gasteiger partial charge in [0.1, 0.15) is 17.8 Å². The van der Waals surface area contributed by atoms with Crippen molar-refractivity contribution in [3.63, 3.8) is 0 Å². The third kappa shape index (κ3) is 6.49. The molecule has 0 radical (unpaired) electrons. The first-order valence-electron chi connectivity index (χ1n) is 12.1. The molecule has 9 nitrogen and oxygen atoms in total. The minimum Gasteiger partial charge on any atom is -0.546 e. The van der Waals surface area contributed by atoms with Crippen LogP contribution in [0, 0.1) is 0 Å². The predicted octanol–water partition coefficient (Wildman–Crippen LogP) is 4.72. The highest BCUT2D eigenvalue weighted by Gasteiger charge is 2.14. The number of imidazole rings is 1. The van der Waals surface area contributed by atoms with Crippen LogP contribution in [0.4, 0.5) is 11.6 Å². The molecule has 188 valence electrons. The van der Waals surface area contributed by atoms with Crippen molar-refractivity contribution in [1.29, 1.82) is 0 Å². The van der Waals surface area contributed by atoms with E-state index in [-0.39, 0.29) is 0 Å². The van der Waals surface area contributed by atoms with Gasteiger partial charge in [0.15, 0.2) is 11.1 Å². The summed E-state index contributed by atoms with van der Waals surface area (Å²) < 4.78 is 21.1. The van der Waals surface area contributed by atoms with Crippen LogP contribution in [0.5, 0.6) is 0 Å². The Morgan fingerprint density at radius 1 is 0.892 bits per heavy atom. The molecule has 2 aromatic carbocycles. The highest BCUT2D eigenvalue weighted by molar-refractivity contribution is 7.14. The Morgan fingerprint density at radius 3 is 2.41 bits per heavy atom. The second-order valence-corrected chi connectivity index (χ2v) is 9.27. The third-order valence-corrected chi connectivity index (χ3v) is 6.48. The first-order chi connectivity index (χ1) is 18.3. The van der Waals surface area contributed by atoms with Gasteiger partial charge in [-0.15, -0.1) is 0 Å². The summed E-state index contributed by atoms with van der Waals surface area (Å²) in [5.41, 5.74) is 6.82. The summed E-state index contributed by atoms with van der Waals surface area (Å²) in [4.78, 5) is 11.5. The molecule has 1 unspecified atom stereocenters. The van der Waals surface area contributed by atoms with Crippen LogP contribution in [-0.2, 0) is 13.1 Å². The lowest BCUT2D eigenvalue weighted by molar-refractivity contribution is 0.585. The topological polar surface area (TPSA) is 107 Å². The molecule has 10 heteroatoms. The average Bonchev–Trinajstić information content (AvgIpc) is 3.56. The second-order valence-electron chi connectivity index (χ2n) is 8.41. The van der Waals surface area contributed by atoms with Gasteiger partial charge in [-0.1, -0.05) is 66.7 Å². The lowest BCUT2D eigenvalue weighted by Crippen LogP contribution is -2.28. The molecule has 0 fully saturated rings. The van der Waals surface area contributed by atoms with E-state index in [1.54, 1.807) is 0 Å². The Morgan fingerprint density at radius 2 is 1.68 bits per heavy atom. The number of benzene rings is 2. The van der Waals surface area contributed by atoms with E-state index >= 15 is 0 Å². The predicted molar refractivity (Wildman–Crippen MR) is 146 cm³/mol. The summed E-state index contributed by atoms with van der Waals surface area (Å²) in [6.45, 7) is 2.77. The van der Waals surface area contributed by atoms with Gasteiger partial charge >= 0.3 is 0 Å². The van der Waals surface area contributed by atoms with Crippen LogP contribution in [0.15, 0.2) is 97.5 Å². The van der Waals surface area contributed by atoms with Crippen molar-refractivity contribution in [2.45, 2.75) is 19.5 Å². The first-order valence-corrected chi connectivity index (χ1v) is 13.2. The minimum absolute atomic E-state index is 0.413. The fourth-order valence-electron chi connectivity index (χ4n) is 4.06. The first kappa shape index (κ1) is 24.4. The van der Waals surface area contributed by atoms with Gasteiger partial charge in [0.2, 0.25) is 5.82 Å². The molecule has 0 saturated heterocycles. The summed E-state index contributed by atoms with van der Waals surface area (Å²) in [5.74, 6) is 2.24. The maximum Gasteiger partial charge on any atom is 0.208 e. The van der Waals surface area contributed by atoms with E-state index in [0.29, 0.717) is 12.4 Å². The molecular weight excluding hydrogens is 484 g/mol. The number of anilines is 2. The maximum atomic E-state index is 11.4. The smallest absolute Gasteiger partial charge is 0.208 e. The van der Waals surface area contributed by atoms with Gasteiger partial charge in [-0.3, -0.25) is 0 Å². The molecule has 1 atom stereocenters. The largest absolute Gasteiger partial charge is 0.546 e. The van der Waals surface area contributed by atoms with Gasteiger partial charge in [0, 0.05) is 35.8 Å². The number of hydrogen-bond acceptors (Lipinski definition) is 8. The van der Waals surface area contributed by atoms with Crippen molar-refractivity contribution in [3.8, 4) is 11.3 Å². The fourth-order valence-corrected chi connectivity index (χ4v) is 4.57. The summed E-state index contributed by atoms with van der Waals surface area (Å²) in [6.07, 6.45) is 6.06. The number of aromatic nitrogens is 5. The van der Waals surface area contributed by atoms with Crippen LogP contribution in [0.25, 0.3) is 11.3 Å². The molecule has 3 aromatic heterocycles. The molecule has 0 aliphatic rings. The second kappa shape index (κ2) is 12.1. The van der Waals surface area contributed by atoms with Gasteiger partial charge in [-0.05, 0) is 28.5 Å². The van der Waals surface area contributed by atoms with E-state index in [1.165, 1.54) is 11.8 Å². The van der Waals surface area contributed by atoms with Gasteiger partial charge in [0.05, 0.1) is 18.4 Å². The maximum absolute atomic E-state index is 11.4. The van der Waals surface area contributed by atoms with Crippen molar-refractivity contribution in [2.75, 3.05) is 28.7 Å². The van der Waals surface area contributed by atoms with Gasteiger partial charge < -0.3 is 20.2 Å². The van der Waals surface area contributed by atoms with Crippen molar-refractivity contribution < 1.29 is 4.55 Å². The van der Waals surface area contributed by atoms with Crippen molar-refractivity contribution >= 4 is 22.8 Å². The van der Waals surface area contributed by atoms with E-state index < -0.39 is 11.1 Å². The van der Waals surface area contributed by atoms with E-state index in [4.69, 9.17) is 0 Å². The summed E-state index contributed by atoms with van der Waals surface area (Å²) in [7, 11) is 0. The molecule has 0 spiro atoms. The lowest BCUT2D eigenvalue weighted by atomic mass is 10.2. The van der Waals surface area contributed by atoms with Crippen LogP contribution in [0.3, 0.4) is 0 Å². The number of rotatable bonds is 12. The molecule has 0 saturated carbocycles. The number of nitrogens with one attached hydrogen (secondary N) is 2. The molecule has 3 heterocycles.